The van der Waals surface area contributed by atoms with Crippen molar-refractivity contribution in [3.8, 4) is 5.75 Å². The summed E-state index contributed by atoms with van der Waals surface area (Å²) in [6, 6.07) is 16.6. The van der Waals surface area contributed by atoms with Crippen molar-refractivity contribution < 1.29 is 14.3 Å². The lowest BCUT2D eigenvalue weighted by molar-refractivity contribution is 0.0980. The van der Waals surface area contributed by atoms with Gasteiger partial charge in [-0.1, -0.05) is 107 Å². The van der Waals surface area contributed by atoms with Gasteiger partial charge in [-0.05, 0) is 25.5 Å². The molecule has 0 saturated heterocycles. The highest BCUT2D eigenvalue weighted by molar-refractivity contribution is 6.32. The number of carbonyl (C=O) groups is 2. The number of nitrogens with one attached hydrogen (secondary N) is 1. The summed E-state index contributed by atoms with van der Waals surface area (Å²) in [5, 5.41) is 3.34. The Morgan fingerprint density at radius 2 is 1.29 bits per heavy atom. The number of rotatable bonds is 14. The number of hydrogen-bond acceptors (Lipinski definition) is 5. The Morgan fingerprint density at radius 3 is 1.89 bits per heavy atom. The summed E-state index contributed by atoms with van der Waals surface area (Å²) < 4.78 is 6.12. The number of ether oxygens (including phenoxy) is 1. The largest absolute Gasteiger partial charge is 0.491 e. The van der Waals surface area contributed by atoms with Gasteiger partial charge >= 0.3 is 0 Å². The maximum absolute atomic E-state index is 13.6. The van der Waals surface area contributed by atoms with Crippen LogP contribution >= 0.6 is 0 Å². The summed E-state index contributed by atoms with van der Waals surface area (Å²) in [5.41, 5.74) is 10.5. The van der Waals surface area contributed by atoms with Gasteiger partial charge in [-0.15, -0.1) is 0 Å². The van der Waals surface area contributed by atoms with Crippen molar-refractivity contribution >= 4 is 28.6 Å². The molecule has 0 aromatic heterocycles. The molecular weight excluding hydrogens is 472 g/mol. The third-order valence-electron chi connectivity index (χ3n) is 7.29. The monoisotopic (exact) mass is 512 g/mol. The van der Waals surface area contributed by atoms with Crippen LogP contribution in [0.1, 0.15) is 109 Å². The normalized spacial score (nSPS) is 12.3. The van der Waals surface area contributed by atoms with Crippen LogP contribution in [0.3, 0.4) is 0 Å². The molecule has 38 heavy (non-hydrogen) atoms. The SMILES string of the molecule is CCCCCCCCCCCCOc1cc(Nc2ccc(C)cc2)c2c(c1N)C(=O)c1ccccc1C2=O. The molecule has 0 saturated carbocycles. The number of unbranched alkanes of at least 4 members (excludes halogenated alkanes) is 9. The van der Waals surface area contributed by atoms with Crippen LogP contribution in [-0.2, 0) is 0 Å². The lowest BCUT2D eigenvalue weighted by Crippen LogP contribution is -2.24. The highest BCUT2D eigenvalue weighted by atomic mass is 16.5. The quantitative estimate of drug-likeness (QED) is 0.131. The van der Waals surface area contributed by atoms with E-state index in [2.05, 4.69) is 12.2 Å². The van der Waals surface area contributed by atoms with Crippen molar-refractivity contribution in [2.45, 2.75) is 78.1 Å². The predicted octanol–water partition coefficient (Wildman–Crippen LogP) is 8.40. The lowest BCUT2D eigenvalue weighted by Gasteiger charge is -2.24. The molecule has 0 bridgehead atoms. The van der Waals surface area contributed by atoms with E-state index in [1.165, 1.54) is 51.4 Å². The van der Waals surface area contributed by atoms with Crippen molar-refractivity contribution in [3.05, 3.63) is 82.4 Å². The van der Waals surface area contributed by atoms with Gasteiger partial charge in [-0.2, -0.15) is 0 Å². The maximum atomic E-state index is 13.6. The van der Waals surface area contributed by atoms with E-state index in [9.17, 15) is 9.59 Å². The first-order valence-electron chi connectivity index (χ1n) is 14.1. The zero-order valence-corrected chi connectivity index (χ0v) is 22.8. The highest BCUT2D eigenvalue weighted by Gasteiger charge is 2.35. The van der Waals surface area contributed by atoms with Crippen LogP contribution in [0.15, 0.2) is 54.6 Å². The average Bonchev–Trinajstić information content (AvgIpc) is 2.93. The molecule has 4 rings (SSSR count). The highest BCUT2D eigenvalue weighted by Crippen LogP contribution is 2.41. The summed E-state index contributed by atoms with van der Waals surface area (Å²) >= 11 is 0. The summed E-state index contributed by atoms with van der Waals surface area (Å²) in [5.74, 6) is -0.0170. The summed E-state index contributed by atoms with van der Waals surface area (Å²) in [6.45, 7) is 4.79. The molecule has 0 fully saturated rings. The number of hydrogen-bond donors (Lipinski definition) is 2. The van der Waals surface area contributed by atoms with Gasteiger partial charge in [0.25, 0.3) is 0 Å². The van der Waals surface area contributed by atoms with Gasteiger partial charge < -0.3 is 15.8 Å². The van der Waals surface area contributed by atoms with Crippen LogP contribution in [-0.4, -0.2) is 18.2 Å². The van der Waals surface area contributed by atoms with E-state index in [1.807, 2.05) is 31.2 Å². The van der Waals surface area contributed by atoms with E-state index in [4.69, 9.17) is 10.5 Å². The molecule has 0 radical (unpaired) electrons. The van der Waals surface area contributed by atoms with Gasteiger partial charge in [-0.25, -0.2) is 0 Å². The van der Waals surface area contributed by atoms with Gasteiger partial charge in [0.1, 0.15) is 5.75 Å². The molecule has 0 amide bonds. The molecule has 5 heteroatoms. The summed E-state index contributed by atoms with van der Waals surface area (Å²) in [7, 11) is 0. The van der Waals surface area contributed by atoms with Crippen molar-refractivity contribution in [2.24, 2.45) is 0 Å². The first-order chi connectivity index (χ1) is 18.5. The molecule has 3 N–H and O–H groups in total. The summed E-state index contributed by atoms with van der Waals surface area (Å²) in [6.07, 6.45) is 12.4. The van der Waals surface area contributed by atoms with E-state index in [0.717, 1.165) is 24.1 Å². The second-order valence-electron chi connectivity index (χ2n) is 10.3. The molecule has 1 aliphatic rings. The van der Waals surface area contributed by atoms with Crippen molar-refractivity contribution in [2.75, 3.05) is 17.7 Å². The fourth-order valence-corrected chi connectivity index (χ4v) is 5.08. The van der Waals surface area contributed by atoms with Crippen LogP contribution < -0.4 is 15.8 Å². The van der Waals surface area contributed by atoms with Gasteiger partial charge in [-0.3, -0.25) is 9.59 Å². The first kappa shape index (κ1) is 27.4. The molecule has 1 aliphatic carbocycles. The van der Waals surface area contributed by atoms with Crippen molar-refractivity contribution in [1.29, 1.82) is 0 Å². The van der Waals surface area contributed by atoms with E-state index in [0.29, 0.717) is 34.7 Å². The Morgan fingerprint density at radius 1 is 0.737 bits per heavy atom. The molecular formula is C33H40N2O3. The van der Waals surface area contributed by atoms with Crippen molar-refractivity contribution in [1.82, 2.24) is 0 Å². The predicted molar refractivity (Wildman–Crippen MR) is 156 cm³/mol. The van der Waals surface area contributed by atoms with E-state index in [-0.39, 0.29) is 22.8 Å². The minimum atomic E-state index is -0.246. The van der Waals surface area contributed by atoms with Crippen LogP contribution in [0.4, 0.5) is 17.1 Å². The second-order valence-corrected chi connectivity index (χ2v) is 10.3. The van der Waals surface area contributed by atoms with Crippen LogP contribution in [0.25, 0.3) is 0 Å². The second kappa shape index (κ2) is 13.3. The van der Waals surface area contributed by atoms with Gasteiger partial charge in [0.15, 0.2) is 11.6 Å². The standard InChI is InChI=1S/C33H40N2O3/c1-3-4-5-6-7-8-9-10-11-14-21-38-28-22-27(35-24-19-17-23(2)18-20-24)29-30(31(28)34)33(37)26-16-13-12-15-25(26)32(29)36/h12-13,15-20,22,35H,3-11,14,21,34H2,1-2H3. The first-order valence-corrected chi connectivity index (χ1v) is 14.1. The summed E-state index contributed by atoms with van der Waals surface area (Å²) in [4.78, 5) is 27.1. The number of nitrogens with two attached hydrogens (primary N) is 1. The lowest BCUT2D eigenvalue weighted by atomic mass is 9.82. The van der Waals surface area contributed by atoms with Crippen molar-refractivity contribution in [3.63, 3.8) is 0 Å². The Hall–Kier alpha value is -3.60. The van der Waals surface area contributed by atoms with Gasteiger partial charge in [0.2, 0.25) is 0 Å². The third kappa shape index (κ3) is 6.45. The Bertz CT molecular complexity index is 1260. The Labute approximate surface area is 226 Å². The van der Waals surface area contributed by atoms with E-state index >= 15 is 0 Å². The zero-order valence-electron chi connectivity index (χ0n) is 22.8. The molecule has 0 atom stereocenters. The van der Waals surface area contributed by atoms with Gasteiger partial charge in [0.05, 0.1) is 29.1 Å². The third-order valence-corrected chi connectivity index (χ3v) is 7.29. The fourth-order valence-electron chi connectivity index (χ4n) is 5.08. The smallest absolute Gasteiger partial charge is 0.196 e. The van der Waals surface area contributed by atoms with Gasteiger partial charge in [0, 0.05) is 22.9 Å². The van der Waals surface area contributed by atoms with Crippen LogP contribution in [0, 0.1) is 6.92 Å². The molecule has 3 aromatic rings. The minimum absolute atomic E-state index is 0.210. The number of anilines is 3. The molecule has 5 nitrogen and oxygen atoms in total. The molecule has 200 valence electrons. The number of carbonyl (C=O) groups excluding carboxylic acids is 2. The average molecular weight is 513 g/mol. The van der Waals surface area contributed by atoms with Crippen LogP contribution in [0.5, 0.6) is 5.75 Å². The Kier molecular flexibility index (Phi) is 9.58. The number of fused-ring (bicyclic) bond motifs is 2. The molecule has 0 spiro atoms. The number of ketones is 2. The molecule has 3 aromatic carbocycles. The molecule has 0 aliphatic heterocycles. The van der Waals surface area contributed by atoms with E-state index < -0.39 is 0 Å². The molecule has 0 unspecified atom stereocenters. The Balaban J connectivity index is 1.47. The minimum Gasteiger partial charge on any atom is -0.491 e. The van der Waals surface area contributed by atoms with E-state index in [1.54, 1.807) is 30.3 Å². The number of benzene rings is 3. The topological polar surface area (TPSA) is 81.4 Å². The maximum Gasteiger partial charge on any atom is 0.196 e. The fraction of sp³-hybridized carbons (Fsp3) is 0.394. The molecule has 0 heterocycles. The number of nitrogen functional groups attached to an aromatic ring is 1. The zero-order chi connectivity index (χ0) is 26.9. The van der Waals surface area contributed by atoms with Crippen LogP contribution in [0.2, 0.25) is 0 Å². The number of aryl methyl sites for hydroxylation is 1.